The van der Waals surface area contributed by atoms with Gasteiger partial charge in [-0.2, -0.15) is 5.10 Å². The number of aromatic nitrogens is 4. The molecule has 21 heavy (non-hydrogen) atoms. The maximum absolute atomic E-state index is 12.2. The zero-order chi connectivity index (χ0) is 14.7. The van der Waals surface area contributed by atoms with Crippen LogP contribution in [0.2, 0.25) is 0 Å². The average molecular weight is 286 g/mol. The molecule has 2 aromatic heterocycles. The lowest BCUT2D eigenvalue weighted by molar-refractivity contribution is -0.117. The zero-order valence-corrected chi connectivity index (χ0v) is 11.6. The third-order valence-corrected chi connectivity index (χ3v) is 3.86. The molecule has 7 heteroatoms. The van der Waals surface area contributed by atoms with Crippen LogP contribution in [0, 0.1) is 5.92 Å². The van der Waals surface area contributed by atoms with E-state index in [1.54, 1.807) is 24.7 Å². The number of amides is 1. The van der Waals surface area contributed by atoms with Crippen molar-refractivity contribution in [2.45, 2.75) is 31.7 Å². The van der Waals surface area contributed by atoms with Gasteiger partial charge in [0.2, 0.25) is 5.91 Å². The summed E-state index contributed by atoms with van der Waals surface area (Å²) in [5, 5.41) is 6.94. The highest BCUT2D eigenvalue weighted by atomic mass is 16.1. The second-order valence-corrected chi connectivity index (χ2v) is 5.32. The molecule has 0 spiro atoms. The largest absolute Gasteiger partial charge is 0.327 e. The summed E-state index contributed by atoms with van der Waals surface area (Å²) in [6.07, 6.45) is 8.22. The Kier molecular flexibility index (Phi) is 3.92. The number of nitrogens with zero attached hydrogens (tertiary/aromatic N) is 4. The van der Waals surface area contributed by atoms with Crippen LogP contribution >= 0.6 is 0 Å². The minimum atomic E-state index is -0.0354. The van der Waals surface area contributed by atoms with Crippen molar-refractivity contribution in [2.24, 2.45) is 11.7 Å². The van der Waals surface area contributed by atoms with Gasteiger partial charge in [0.1, 0.15) is 12.7 Å². The topological polar surface area (TPSA) is 98.7 Å². The van der Waals surface area contributed by atoms with Crippen molar-refractivity contribution in [1.82, 2.24) is 19.7 Å². The molecule has 7 nitrogen and oxygen atoms in total. The maximum atomic E-state index is 12.2. The van der Waals surface area contributed by atoms with Crippen molar-refractivity contribution in [3.63, 3.8) is 0 Å². The molecule has 2 aromatic rings. The molecule has 110 valence electrons. The van der Waals surface area contributed by atoms with Gasteiger partial charge >= 0.3 is 0 Å². The van der Waals surface area contributed by atoms with Crippen molar-refractivity contribution in [3.05, 3.63) is 31.0 Å². The predicted molar refractivity (Wildman–Crippen MR) is 77.7 cm³/mol. The van der Waals surface area contributed by atoms with Gasteiger partial charge in [0, 0.05) is 18.7 Å². The number of hydrogen-bond donors (Lipinski definition) is 2. The fraction of sp³-hybridized carbons (Fsp3) is 0.429. The SMILES string of the molecule is N[C@@H]1CCC[C@H]1CC(=O)Nc1cccnc1-n1cncn1. The second kappa shape index (κ2) is 6.01. The first-order valence-corrected chi connectivity index (χ1v) is 7.09. The fourth-order valence-electron chi connectivity index (χ4n) is 2.75. The normalized spacial score (nSPS) is 21.4. The molecule has 0 unspecified atom stereocenters. The lowest BCUT2D eigenvalue weighted by Crippen LogP contribution is -2.28. The molecule has 3 rings (SSSR count). The molecule has 2 atom stereocenters. The Morgan fingerprint density at radius 1 is 1.48 bits per heavy atom. The summed E-state index contributed by atoms with van der Waals surface area (Å²) in [7, 11) is 0. The number of nitrogens with one attached hydrogen (secondary N) is 1. The van der Waals surface area contributed by atoms with Gasteiger partial charge in [0.25, 0.3) is 0 Å². The Bertz CT molecular complexity index is 612. The third-order valence-electron chi connectivity index (χ3n) is 3.86. The highest BCUT2D eigenvalue weighted by molar-refractivity contribution is 5.92. The first-order valence-electron chi connectivity index (χ1n) is 7.09. The van der Waals surface area contributed by atoms with Crippen LogP contribution in [0.4, 0.5) is 5.69 Å². The molecular weight excluding hydrogens is 268 g/mol. The van der Waals surface area contributed by atoms with Crippen molar-refractivity contribution >= 4 is 11.6 Å². The number of carbonyl (C=O) groups excluding carboxylic acids is 1. The molecule has 3 N–H and O–H groups in total. The second-order valence-electron chi connectivity index (χ2n) is 5.32. The van der Waals surface area contributed by atoms with Crippen LogP contribution in [-0.4, -0.2) is 31.7 Å². The van der Waals surface area contributed by atoms with Crippen molar-refractivity contribution in [3.8, 4) is 5.82 Å². The molecule has 0 radical (unpaired) electrons. The van der Waals surface area contributed by atoms with Crippen LogP contribution in [0.5, 0.6) is 0 Å². The average Bonchev–Trinajstić information content (AvgIpc) is 3.12. The highest BCUT2D eigenvalue weighted by Crippen LogP contribution is 2.27. The molecule has 1 aliphatic carbocycles. The summed E-state index contributed by atoms with van der Waals surface area (Å²) in [6, 6.07) is 3.72. The van der Waals surface area contributed by atoms with E-state index in [-0.39, 0.29) is 17.9 Å². The van der Waals surface area contributed by atoms with E-state index in [1.807, 2.05) is 0 Å². The van der Waals surface area contributed by atoms with Gasteiger partial charge in [-0.25, -0.2) is 14.6 Å². The quantitative estimate of drug-likeness (QED) is 0.877. The molecule has 0 saturated heterocycles. The minimum Gasteiger partial charge on any atom is -0.327 e. The maximum Gasteiger partial charge on any atom is 0.224 e. The van der Waals surface area contributed by atoms with Gasteiger partial charge in [-0.1, -0.05) is 6.42 Å². The predicted octanol–water partition coefficient (Wildman–Crippen LogP) is 1.12. The lowest BCUT2D eigenvalue weighted by atomic mass is 10.00. The van der Waals surface area contributed by atoms with Crippen LogP contribution in [0.3, 0.4) is 0 Å². The summed E-state index contributed by atoms with van der Waals surface area (Å²) < 4.78 is 1.52. The smallest absolute Gasteiger partial charge is 0.224 e. The fourth-order valence-corrected chi connectivity index (χ4v) is 2.75. The van der Waals surface area contributed by atoms with Crippen LogP contribution in [0.15, 0.2) is 31.0 Å². The standard InChI is InChI=1S/C14H18N6O/c15-11-4-1-3-10(11)7-13(21)19-12-5-2-6-17-14(12)20-9-16-8-18-20/h2,5-6,8-11H,1,3-4,7,15H2,(H,19,21)/t10-,11+/m0/s1. The van der Waals surface area contributed by atoms with E-state index in [0.717, 1.165) is 19.3 Å². The number of hydrogen-bond acceptors (Lipinski definition) is 5. The van der Waals surface area contributed by atoms with E-state index >= 15 is 0 Å². The van der Waals surface area contributed by atoms with E-state index in [9.17, 15) is 4.79 Å². The van der Waals surface area contributed by atoms with Gasteiger partial charge in [-0.15, -0.1) is 0 Å². The van der Waals surface area contributed by atoms with Crippen LogP contribution < -0.4 is 11.1 Å². The van der Waals surface area contributed by atoms with Crippen LogP contribution in [0.25, 0.3) is 5.82 Å². The minimum absolute atomic E-state index is 0.0354. The van der Waals surface area contributed by atoms with E-state index in [4.69, 9.17) is 5.73 Å². The van der Waals surface area contributed by atoms with Crippen molar-refractivity contribution in [1.29, 1.82) is 0 Å². The summed E-state index contributed by atoms with van der Waals surface area (Å²) >= 11 is 0. The van der Waals surface area contributed by atoms with Crippen molar-refractivity contribution in [2.75, 3.05) is 5.32 Å². The molecule has 0 bridgehead atoms. The zero-order valence-electron chi connectivity index (χ0n) is 11.6. The summed E-state index contributed by atoms with van der Waals surface area (Å²) in [4.78, 5) is 20.3. The van der Waals surface area contributed by atoms with E-state index in [1.165, 1.54) is 11.0 Å². The molecule has 2 heterocycles. The summed E-state index contributed by atoms with van der Waals surface area (Å²) in [5.74, 6) is 0.794. The molecule has 0 aromatic carbocycles. The Balaban J connectivity index is 1.71. The van der Waals surface area contributed by atoms with Gasteiger partial charge in [0.05, 0.1) is 5.69 Å². The van der Waals surface area contributed by atoms with E-state index in [0.29, 0.717) is 17.9 Å². The molecule has 1 aliphatic rings. The summed E-state index contributed by atoms with van der Waals surface area (Å²) in [6.45, 7) is 0. The third kappa shape index (κ3) is 3.08. The Morgan fingerprint density at radius 2 is 2.38 bits per heavy atom. The lowest BCUT2D eigenvalue weighted by Gasteiger charge is -2.15. The van der Waals surface area contributed by atoms with Crippen LogP contribution in [0.1, 0.15) is 25.7 Å². The van der Waals surface area contributed by atoms with Crippen LogP contribution in [-0.2, 0) is 4.79 Å². The van der Waals surface area contributed by atoms with E-state index < -0.39 is 0 Å². The first kappa shape index (κ1) is 13.7. The monoisotopic (exact) mass is 286 g/mol. The van der Waals surface area contributed by atoms with Gasteiger partial charge < -0.3 is 11.1 Å². The summed E-state index contributed by atoms with van der Waals surface area (Å²) in [5.41, 5.74) is 6.64. The van der Waals surface area contributed by atoms with Gasteiger partial charge in [0.15, 0.2) is 5.82 Å². The molecular formula is C14H18N6O. The number of pyridine rings is 1. The molecule has 0 aliphatic heterocycles. The Labute approximate surface area is 122 Å². The van der Waals surface area contributed by atoms with Crippen molar-refractivity contribution < 1.29 is 4.79 Å². The Hall–Kier alpha value is -2.28. The molecule has 1 saturated carbocycles. The van der Waals surface area contributed by atoms with E-state index in [2.05, 4.69) is 20.4 Å². The number of carbonyl (C=O) groups is 1. The first-order chi connectivity index (χ1) is 10.2. The molecule has 1 amide bonds. The number of rotatable bonds is 4. The Morgan fingerprint density at radius 3 is 3.10 bits per heavy atom. The highest BCUT2D eigenvalue weighted by Gasteiger charge is 2.26. The van der Waals surface area contributed by atoms with Gasteiger partial charge in [-0.05, 0) is 30.9 Å². The molecule has 1 fully saturated rings. The number of anilines is 1. The van der Waals surface area contributed by atoms with Gasteiger partial charge in [-0.3, -0.25) is 4.79 Å². The number of nitrogens with two attached hydrogens (primary N) is 1.